The van der Waals surface area contributed by atoms with Gasteiger partial charge in [0.05, 0.1) is 0 Å². The fourth-order valence-corrected chi connectivity index (χ4v) is 2.73. The molecule has 7 heteroatoms. The molecule has 3 aromatic rings. The maximum atomic E-state index is 6.05. The van der Waals surface area contributed by atoms with Crippen molar-refractivity contribution in [3.05, 3.63) is 59.4 Å². The second-order valence-corrected chi connectivity index (χ2v) is 5.71. The predicted octanol–water partition coefficient (Wildman–Crippen LogP) is 3.00. The van der Waals surface area contributed by atoms with Crippen LogP contribution in [0.3, 0.4) is 0 Å². The van der Waals surface area contributed by atoms with Crippen LogP contribution in [-0.4, -0.2) is 19.9 Å². The van der Waals surface area contributed by atoms with Gasteiger partial charge in [-0.2, -0.15) is 0 Å². The summed E-state index contributed by atoms with van der Waals surface area (Å²) in [7, 11) is 0. The van der Waals surface area contributed by atoms with E-state index in [1.807, 2.05) is 36.4 Å². The van der Waals surface area contributed by atoms with Gasteiger partial charge in [-0.3, -0.25) is 4.98 Å². The van der Waals surface area contributed by atoms with Gasteiger partial charge in [0.1, 0.15) is 0 Å². The zero-order valence-electron chi connectivity index (χ0n) is 11.0. The highest BCUT2D eigenvalue weighted by atomic mass is 35.5. The highest BCUT2D eigenvalue weighted by Crippen LogP contribution is 2.24. The molecule has 0 saturated carbocycles. The Bertz CT molecular complexity index is 727. The molecule has 21 heavy (non-hydrogen) atoms. The monoisotopic (exact) mass is 317 g/mol. The van der Waals surface area contributed by atoms with E-state index in [4.69, 9.17) is 17.4 Å². The Balaban J connectivity index is 1.75. The third-order valence-electron chi connectivity index (χ3n) is 2.87. The van der Waals surface area contributed by atoms with E-state index in [0.29, 0.717) is 11.0 Å². The molecule has 0 radical (unpaired) electrons. The SMILES string of the molecule is Nn1c(SCc2ccc(Cl)cc2)nnc1-c1cccnc1. The van der Waals surface area contributed by atoms with E-state index in [9.17, 15) is 0 Å². The van der Waals surface area contributed by atoms with Crippen molar-refractivity contribution in [2.45, 2.75) is 10.9 Å². The Kier molecular flexibility index (Phi) is 4.08. The van der Waals surface area contributed by atoms with E-state index in [2.05, 4.69) is 15.2 Å². The summed E-state index contributed by atoms with van der Waals surface area (Å²) < 4.78 is 1.48. The Hall–Kier alpha value is -2.05. The number of rotatable bonds is 4. The van der Waals surface area contributed by atoms with Gasteiger partial charge < -0.3 is 5.84 Å². The highest BCUT2D eigenvalue weighted by molar-refractivity contribution is 7.98. The van der Waals surface area contributed by atoms with Crippen LogP contribution in [0.15, 0.2) is 53.9 Å². The largest absolute Gasteiger partial charge is 0.335 e. The zero-order valence-corrected chi connectivity index (χ0v) is 12.6. The van der Waals surface area contributed by atoms with Crippen LogP contribution in [0.25, 0.3) is 11.4 Å². The molecular weight excluding hydrogens is 306 g/mol. The number of nitrogen functional groups attached to an aromatic ring is 1. The van der Waals surface area contributed by atoms with Crippen molar-refractivity contribution in [1.82, 2.24) is 19.9 Å². The molecule has 0 aliphatic carbocycles. The summed E-state index contributed by atoms with van der Waals surface area (Å²) in [5.74, 6) is 7.39. The first-order valence-corrected chi connectivity index (χ1v) is 7.58. The molecule has 0 spiro atoms. The molecule has 0 saturated heterocycles. The van der Waals surface area contributed by atoms with Crippen LogP contribution in [0.2, 0.25) is 5.02 Å². The van der Waals surface area contributed by atoms with Gasteiger partial charge in [-0.05, 0) is 29.8 Å². The molecule has 0 amide bonds. The molecule has 3 rings (SSSR count). The summed E-state index contributed by atoms with van der Waals surface area (Å²) in [5.41, 5.74) is 1.99. The van der Waals surface area contributed by atoms with Crippen molar-refractivity contribution in [2.75, 3.05) is 5.84 Å². The molecule has 2 aromatic heterocycles. The van der Waals surface area contributed by atoms with Crippen molar-refractivity contribution in [1.29, 1.82) is 0 Å². The molecule has 0 aliphatic rings. The average molecular weight is 318 g/mol. The van der Waals surface area contributed by atoms with E-state index in [-0.39, 0.29) is 0 Å². The van der Waals surface area contributed by atoms with Gasteiger partial charge >= 0.3 is 0 Å². The molecule has 0 atom stereocenters. The third kappa shape index (κ3) is 3.17. The first-order chi connectivity index (χ1) is 10.2. The molecule has 2 N–H and O–H groups in total. The number of nitrogens with two attached hydrogens (primary N) is 1. The fourth-order valence-electron chi connectivity index (χ4n) is 1.80. The zero-order chi connectivity index (χ0) is 14.7. The molecule has 0 aliphatic heterocycles. The quantitative estimate of drug-likeness (QED) is 0.591. The summed E-state index contributed by atoms with van der Waals surface area (Å²) in [5, 5.41) is 9.62. The Labute approximate surface area is 131 Å². The number of nitrogens with zero attached hydrogens (tertiary/aromatic N) is 4. The molecule has 1 aromatic carbocycles. The summed E-state index contributed by atoms with van der Waals surface area (Å²) >= 11 is 7.39. The van der Waals surface area contributed by atoms with Gasteiger partial charge in [0.25, 0.3) is 0 Å². The lowest BCUT2D eigenvalue weighted by molar-refractivity contribution is 0.849. The minimum atomic E-state index is 0.599. The number of hydrogen-bond acceptors (Lipinski definition) is 5. The predicted molar refractivity (Wildman–Crippen MR) is 84.4 cm³/mol. The van der Waals surface area contributed by atoms with Crippen LogP contribution in [0.1, 0.15) is 5.56 Å². The van der Waals surface area contributed by atoms with Crippen molar-refractivity contribution >= 4 is 23.4 Å². The highest BCUT2D eigenvalue weighted by Gasteiger charge is 2.12. The lowest BCUT2D eigenvalue weighted by atomic mass is 10.2. The lowest BCUT2D eigenvalue weighted by Gasteiger charge is -2.03. The number of pyridine rings is 1. The van der Waals surface area contributed by atoms with Crippen LogP contribution < -0.4 is 5.84 Å². The maximum absolute atomic E-state index is 6.05. The molecule has 2 heterocycles. The number of halogens is 1. The second-order valence-electron chi connectivity index (χ2n) is 4.33. The minimum Gasteiger partial charge on any atom is -0.335 e. The standard InChI is InChI=1S/C14H12ClN5S/c15-12-5-3-10(4-6-12)9-21-14-19-18-13(20(14)16)11-2-1-7-17-8-11/h1-8H,9,16H2. The van der Waals surface area contributed by atoms with E-state index in [1.165, 1.54) is 16.4 Å². The Morgan fingerprint density at radius 1 is 1.14 bits per heavy atom. The molecule has 0 fully saturated rings. The van der Waals surface area contributed by atoms with Gasteiger partial charge in [-0.1, -0.05) is 35.5 Å². The second kappa shape index (κ2) is 6.15. The summed E-state index contributed by atoms with van der Waals surface area (Å²) in [4.78, 5) is 4.06. The topological polar surface area (TPSA) is 69.6 Å². The first-order valence-electron chi connectivity index (χ1n) is 6.22. The molecule has 106 valence electrons. The summed E-state index contributed by atoms with van der Waals surface area (Å²) in [6.07, 6.45) is 3.41. The normalized spacial score (nSPS) is 10.7. The smallest absolute Gasteiger partial charge is 0.210 e. The number of thioether (sulfide) groups is 1. The number of benzene rings is 1. The van der Waals surface area contributed by atoms with E-state index in [1.54, 1.807) is 12.4 Å². The van der Waals surface area contributed by atoms with Crippen LogP contribution in [0, 0.1) is 0 Å². The van der Waals surface area contributed by atoms with Gasteiger partial charge in [0, 0.05) is 28.7 Å². The van der Waals surface area contributed by atoms with Crippen molar-refractivity contribution < 1.29 is 0 Å². The van der Waals surface area contributed by atoms with Crippen LogP contribution in [-0.2, 0) is 5.75 Å². The molecule has 5 nitrogen and oxygen atoms in total. The van der Waals surface area contributed by atoms with E-state index >= 15 is 0 Å². The fraction of sp³-hybridized carbons (Fsp3) is 0.0714. The van der Waals surface area contributed by atoms with Crippen LogP contribution >= 0.6 is 23.4 Å². The molecule has 0 bridgehead atoms. The van der Waals surface area contributed by atoms with Gasteiger partial charge in [-0.15, -0.1) is 10.2 Å². The molecular formula is C14H12ClN5S. The van der Waals surface area contributed by atoms with Crippen LogP contribution in [0.5, 0.6) is 0 Å². The average Bonchev–Trinajstić information content (AvgIpc) is 2.89. The van der Waals surface area contributed by atoms with E-state index < -0.39 is 0 Å². The lowest BCUT2D eigenvalue weighted by Crippen LogP contribution is -2.11. The van der Waals surface area contributed by atoms with Gasteiger partial charge in [0.2, 0.25) is 5.16 Å². The van der Waals surface area contributed by atoms with Gasteiger partial charge in [-0.25, -0.2) is 4.68 Å². The summed E-state index contributed by atoms with van der Waals surface area (Å²) in [6, 6.07) is 11.4. The maximum Gasteiger partial charge on any atom is 0.210 e. The first kappa shape index (κ1) is 13.9. The minimum absolute atomic E-state index is 0.599. The van der Waals surface area contributed by atoms with E-state index in [0.717, 1.165) is 21.9 Å². The molecule has 0 unspecified atom stereocenters. The number of hydrogen-bond donors (Lipinski definition) is 1. The third-order valence-corrected chi connectivity index (χ3v) is 4.13. The number of aromatic nitrogens is 4. The van der Waals surface area contributed by atoms with Crippen LogP contribution in [0.4, 0.5) is 0 Å². The Morgan fingerprint density at radius 2 is 1.95 bits per heavy atom. The summed E-state index contributed by atoms with van der Waals surface area (Å²) in [6.45, 7) is 0. The van der Waals surface area contributed by atoms with Crippen molar-refractivity contribution in [3.63, 3.8) is 0 Å². The van der Waals surface area contributed by atoms with Gasteiger partial charge in [0.15, 0.2) is 5.82 Å². The van der Waals surface area contributed by atoms with Crippen molar-refractivity contribution in [2.24, 2.45) is 0 Å². The Morgan fingerprint density at radius 3 is 2.67 bits per heavy atom. The van der Waals surface area contributed by atoms with Crippen molar-refractivity contribution in [3.8, 4) is 11.4 Å².